The Morgan fingerprint density at radius 2 is 2.00 bits per heavy atom. The molecule has 1 N–H and O–H groups in total. The number of hydrogen-bond acceptors (Lipinski definition) is 2. The topological polar surface area (TPSA) is 54.4 Å². The van der Waals surface area contributed by atoms with Gasteiger partial charge < -0.3 is 5.11 Å². The average molecular weight is 292 g/mol. The van der Waals surface area contributed by atoms with Crippen molar-refractivity contribution in [1.29, 1.82) is 0 Å². The number of benzene rings is 1. The highest BCUT2D eigenvalue weighted by Crippen LogP contribution is 2.19. The van der Waals surface area contributed by atoms with Gasteiger partial charge in [-0.1, -0.05) is 27.5 Å². The zero-order valence-electron chi connectivity index (χ0n) is 7.83. The molecule has 15 heavy (non-hydrogen) atoms. The van der Waals surface area contributed by atoms with Gasteiger partial charge in [-0.25, -0.2) is 4.79 Å². The average Bonchev–Trinajstić information content (AvgIpc) is 2.15. The Bertz CT molecular complexity index is 415. The van der Waals surface area contributed by atoms with Crippen LogP contribution in [0.4, 0.5) is 0 Å². The largest absolute Gasteiger partial charge is 0.478 e. The molecule has 0 fully saturated rings. The molecule has 0 amide bonds. The van der Waals surface area contributed by atoms with Gasteiger partial charge in [-0.15, -0.1) is 0 Å². The van der Waals surface area contributed by atoms with Crippen molar-refractivity contribution in [3.63, 3.8) is 0 Å². The molecule has 0 aliphatic carbocycles. The zero-order chi connectivity index (χ0) is 11.6. The monoisotopic (exact) mass is 290 g/mol. The maximum Gasteiger partial charge on any atom is 0.336 e. The van der Waals surface area contributed by atoms with Crippen LogP contribution in [0.5, 0.6) is 0 Å². The molecule has 1 aromatic carbocycles. The molecule has 0 saturated carbocycles. The van der Waals surface area contributed by atoms with E-state index in [1.54, 1.807) is 6.92 Å². The number of carbonyl (C=O) groups is 2. The molecule has 0 spiro atoms. The number of Topliss-reactive ketones (excluding diaryl/α,β-unsaturated/α-hetero) is 1. The number of hydrogen-bond donors (Lipinski definition) is 1. The number of carbonyl (C=O) groups excluding carboxylic acids is 1. The van der Waals surface area contributed by atoms with Crippen molar-refractivity contribution in [2.24, 2.45) is 0 Å². The number of carboxylic acids is 1. The maximum atomic E-state index is 11.7. The molecule has 0 bridgehead atoms. The zero-order valence-corrected chi connectivity index (χ0v) is 10.2. The lowest BCUT2D eigenvalue weighted by atomic mass is 10.0. The van der Waals surface area contributed by atoms with Crippen molar-refractivity contribution < 1.29 is 14.7 Å². The number of carboxylic acid groups (broad SMARTS) is 1. The smallest absolute Gasteiger partial charge is 0.336 e. The predicted octanol–water partition coefficient (Wildman–Crippen LogP) is 3.00. The minimum absolute atomic E-state index is 0.0318. The molecule has 0 aromatic heterocycles. The summed E-state index contributed by atoms with van der Waals surface area (Å²) < 4.78 is 0. The molecule has 0 saturated heterocycles. The number of ketones is 1. The van der Waals surface area contributed by atoms with E-state index in [4.69, 9.17) is 16.7 Å². The Balaban J connectivity index is 3.30. The molecule has 0 aliphatic heterocycles. The van der Waals surface area contributed by atoms with Gasteiger partial charge in [-0.3, -0.25) is 4.79 Å². The second kappa shape index (κ2) is 4.77. The van der Waals surface area contributed by atoms with Crippen LogP contribution in [0, 0.1) is 0 Å². The summed E-state index contributed by atoms with van der Waals surface area (Å²) in [6.45, 7) is 1.63. The van der Waals surface area contributed by atoms with Gasteiger partial charge in [0.25, 0.3) is 0 Å². The second-order valence-electron chi connectivity index (χ2n) is 2.98. The van der Waals surface area contributed by atoms with Crippen molar-refractivity contribution in [2.75, 3.05) is 0 Å². The molecule has 0 aliphatic rings. The van der Waals surface area contributed by atoms with Gasteiger partial charge in [-0.2, -0.15) is 0 Å². The summed E-state index contributed by atoms with van der Waals surface area (Å²) in [5.74, 6) is -1.43. The van der Waals surface area contributed by atoms with Crippen molar-refractivity contribution in [3.05, 3.63) is 34.3 Å². The number of halogens is 2. The summed E-state index contributed by atoms with van der Waals surface area (Å²) in [6, 6.07) is 4.14. The molecule has 5 heteroatoms. The van der Waals surface area contributed by atoms with Crippen LogP contribution in [0.2, 0.25) is 5.02 Å². The quantitative estimate of drug-likeness (QED) is 0.688. The van der Waals surface area contributed by atoms with E-state index < -0.39 is 10.8 Å². The lowest BCUT2D eigenvalue weighted by Crippen LogP contribution is -2.15. The van der Waals surface area contributed by atoms with E-state index in [1.807, 2.05) is 0 Å². The Labute approximate surface area is 100 Å². The fraction of sp³-hybridized carbons (Fsp3) is 0.200. The van der Waals surface area contributed by atoms with Gasteiger partial charge in [0.05, 0.1) is 10.4 Å². The van der Waals surface area contributed by atoms with Crippen molar-refractivity contribution >= 4 is 39.3 Å². The summed E-state index contributed by atoms with van der Waals surface area (Å²) in [5, 5.41) is 9.22. The highest BCUT2D eigenvalue weighted by Gasteiger charge is 2.19. The first kappa shape index (κ1) is 12.2. The molecule has 1 aromatic rings. The molecular weight excluding hydrogens is 283 g/mol. The van der Waals surface area contributed by atoms with E-state index in [0.717, 1.165) is 0 Å². The number of alkyl halides is 1. The molecule has 3 nitrogen and oxygen atoms in total. The third-order valence-corrected chi connectivity index (χ3v) is 2.49. The molecule has 80 valence electrons. The van der Waals surface area contributed by atoms with Crippen LogP contribution in [0.15, 0.2) is 18.2 Å². The van der Waals surface area contributed by atoms with Gasteiger partial charge in [0.1, 0.15) is 0 Å². The SMILES string of the molecule is CC(Br)C(=O)c1cc(Cl)ccc1C(=O)O. The van der Waals surface area contributed by atoms with E-state index >= 15 is 0 Å². The minimum Gasteiger partial charge on any atom is -0.478 e. The first-order chi connectivity index (χ1) is 6.93. The van der Waals surface area contributed by atoms with Gasteiger partial charge in [0.15, 0.2) is 5.78 Å². The maximum absolute atomic E-state index is 11.7. The van der Waals surface area contributed by atoms with Crippen LogP contribution in [-0.2, 0) is 0 Å². The molecule has 1 atom stereocenters. The Hall–Kier alpha value is -0.870. The van der Waals surface area contributed by atoms with Gasteiger partial charge in [0.2, 0.25) is 0 Å². The number of rotatable bonds is 3. The molecule has 1 rings (SSSR count). The van der Waals surface area contributed by atoms with Crippen molar-refractivity contribution in [1.82, 2.24) is 0 Å². The number of aromatic carboxylic acids is 1. The predicted molar refractivity (Wildman–Crippen MR) is 61.1 cm³/mol. The fourth-order valence-corrected chi connectivity index (χ4v) is 1.54. The Kier molecular flexibility index (Phi) is 3.88. The van der Waals surface area contributed by atoms with Crippen LogP contribution >= 0.6 is 27.5 Å². The van der Waals surface area contributed by atoms with Crippen LogP contribution in [-0.4, -0.2) is 21.7 Å². The normalized spacial score (nSPS) is 12.2. The summed E-state index contributed by atoms with van der Waals surface area (Å²) in [5.41, 5.74) is 0.0927. The standard InChI is InChI=1S/C10H8BrClO3/c1-5(11)9(13)8-4-6(12)2-3-7(8)10(14)15/h2-5H,1H3,(H,14,15). The van der Waals surface area contributed by atoms with E-state index in [9.17, 15) is 9.59 Å². The lowest BCUT2D eigenvalue weighted by Gasteiger charge is -2.07. The van der Waals surface area contributed by atoms with Crippen molar-refractivity contribution in [3.8, 4) is 0 Å². The third-order valence-electron chi connectivity index (χ3n) is 1.84. The van der Waals surface area contributed by atoms with Gasteiger partial charge >= 0.3 is 5.97 Å². The molecule has 0 heterocycles. The van der Waals surface area contributed by atoms with E-state index in [0.29, 0.717) is 5.02 Å². The van der Waals surface area contributed by atoms with E-state index in [2.05, 4.69) is 15.9 Å². The second-order valence-corrected chi connectivity index (χ2v) is 4.79. The molecule has 0 radical (unpaired) electrons. The van der Waals surface area contributed by atoms with Gasteiger partial charge in [0, 0.05) is 10.6 Å². The van der Waals surface area contributed by atoms with Crippen LogP contribution in [0.1, 0.15) is 27.6 Å². The van der Waals surface area contributed by atoms with E-state index in [1.165, 1.54) is 18.2 Å². The molecular formula is C10H8BrClO3. The first-order valence-corrected chi connectivity index (χ1v) is 5.44. The summed E-state index contributed by atoms with van der Waals surface area (Å²) in [4.78, 5) is 22.1. The fourth-order valence-electron chi connectivity index (χ4n) is 1.12. The van der Waals surface area contributed by atoms with E-state index in [-0.39, 0.29) is 16.9 Å². The van der Waals surface area contributed by atoms with Crippen molar-refractivity contribution in [2.45, 2.75) is 11.8 Å². The van der Waals surface area contributed by atoms with Gasteiger partial charge in [-0.05, 0) is 25.1 Å². The first-order valence-electron chi connectivity index (χ1n) is 4.14. The third kappa shape index (κ3) is 2.79. The lowest BCUT2D eigenvalue weighted by molar-refractivity contribution is 0.0692. The summed E-state index contributed by atoms with van der Waals surface area (Å²) in [7, 11) is 0. The van der Waals surface area contributed by atoms with Crippen LogP contribution in [0.3, 0.4) is 0 Å². The Morgan fingerprint density at radius 1 is 1.40 bits per heavy atom. The Morgan fingerprint density at radius 3 is 2.47 bits per heavy atom. The highest BCUT2D eigenvalue weighted by molar-refractivity contribution is 9.10. The highest BCUT2D eigenvalue weighted by atomic mass is 79.9. The summed E-state index contributed by atoms with van der Waals surface area (Å²) in [6.07, 6.45) is 0. The van der Waals surface area contributed by atoms with Crippen LogP contribution in [0.25, 0.3) is 0 Å². The van der Waals surface area contributed by atoms with Crippen LogP contribution < -0.4 is 0 Å². The summed E-state index contributed by atoms with van der Waals surface area (Å²) >= 11 is 8.81. The minimum atomic E-state index is -1.14. The molecule has 1 unspecified atom stereocenters.